The standard InChI is InChI=1S/C20H23ClN4O2S/c1-5-24(4)16(26)10-13-11-28-20-23-12(2)17(19(27)22-3)18(25(13)20)14-8-6-7-9-15(14)21/h6-9,11,18H,5,10H2,1-4H3,(H,22,27). The third-order valence-corrected chi connectivity index (χ3v) is 6.14. The molecule has 1 aromatic carbocycles. The normalized spacial score (nSPS) is 18.5. The lowest BCUT2D eigenvalue weighted by Gasteiger charge is -2.37. The number of aliphatic imine (C=N–C) groups is 1. The van der Waals surface area contributed by atoms with Crippen molar-refractivity contribution in [2.75, 3.05) is 20.6 Å². The van der Waals surface area contributed by atoms with E-state index in [1.54, 1.807) is 19.0 Å². The van der Waals surface area contributed by atoms with Crippen molar-refractivity contribution in [2.45, 2.75) is 26.3 Å². The van der Waals surface area contributed by atoms with E-state index in [1.807, 2.05) is 48.4 Å². The largest absolute Gasteiger partial charge is 0.355 e. The molecule has 6 nitrogen and oxygen atoms in total. The van der Waals surface area contributed by atoms with E-state index < -0.39 is 6.04 Å². The topological polar surface area (TPSA) is 65.0 Å². The Morgan fingerprint density at radius 2 is 2.07 bits per heavy atom. The number of amidine groups is 1. The molecule has 0 saturated carbocycles. The molecule has 1 atom stereocenters. The monoisotopic (exact) mass is 418 g/mol. The van der Waals surface area contributed by atoms with E-state index >= 15 is 0 Å². The molecular formula is C20H23ClN4O2S. The third kappa shape index (κ3) is 3.69. The SMILES string of the molecule is CCN(C)C(=O)CC1=CSC2=NC(C)=C(C(=O)NC)C(c3ccccc3Cl)N12. The molecule has 2 amide bonds. The Morgan fingerprint density at radius 3 is 2.71 bits per heavy atom. The van der Waals surface area contributed by atoms with Gasteiger partial charge in [0.25, 0.3) is 5.91 Å². The second-order valence-corrected chi connectivity index (χ2v) is 7.82. The molecule has 8 heteroatoms. The van der Waals surface area contributed by atoms with Crippen LogP contribution in [0.1, 0.15) is 31.9 Å². The molecule has 0 bridgehead atoms. The number of amides is 2. The molecule has 2 heterocycles. The van der Waals surface area contributed by atoms with Crippen LogP contribution in [0.5, 0.6) is 0 Å². The Hall–Kier alpha value is -2.25. The van der Waals surface area contributed by atoms with Crippen molar-refractivity contribution in [3.05, 3.63) is 57.2 Å². The fourth-order valence-corrected chi connectivity index (χ4v) is 4.46. The van der Waals surface area contributed by atoms with Crippen molar-refractivity contribution < 1.29 is 9.59 Å². The van der Waals surface area contributed by atoms with Crippen molar-refractivity contribution in [1.29, 1.82) is 0 Å². The van der Waals surface area contributed by atoms with Crippen LogP contribution < -0.4 is 5.32 Å². The summed E-state index contributed by atoms with van der Waals surface area (Å²) in [5.74, 6) is -0.195. The highest BCUT2D eigenvalue weighted by Crippen LogP contribution is 2.46. The van der Waals surface area contributed by atoms with Crippen LogP contribution in [0.2, 0.25) is 5.02 Å². The van der Waals surface area contributed by atoms with Gasteiger partial charge < -0.3 is 15.1 Å². The van der Waals surface area contributed by atoms with Gasteiger partial charge in [0.2, 0.25) is 5.91 Å². The minimum absolute atomic E-state index is 0.0151. The summed E-state index contributed by atoms with van der Waals surface area (Å²) >= 11 is 7.97. The minimum atomic E-state index is -0.442. The predicted molar refractivity (Wildman–Crippen MR) is 114 cm³/mol. The molecular weight excluding hydrogens is 396 g/mol. The second-order valence-electron chi connectivity index (χ2n) is 6.58. The Balaban J connectivity index is 2.08. The van der Waals surface area contributed by atoms with Gasteiger partial charge in [-0.15, -0.1) is 0 Å². The highest BCUT2D eigenvalue weighted by atomic mass is 35.5. The minimum Gasteiger partial charge on any atom is -0.355 e. The van der Waals surface area contributed by atoms with Gasteiger partial charge in [-0.05, 0) is 30.9 Å². The van der Waals surface area contributed by atoms with Gasteiger partial charge in [-0.25, -0.2) is 4.99 Å². The van der Waals surface area contributed by atoms with Crippen LogP contribution in [0.25, 0.3) is 0 Å². The number of carbonyl (C=O) groups excluding carboxylic acids is 2. The molecule has 0 radical (unpaired) electrons. The summed E-state index contributed by atoms with van der Waals surface area (Å²) in [5.41, 5.74) is 2.80. The smallest absolute Gasteiger partial charge is 0.251 e. The molecule has 148 valence electrons. The van der Waals surface area contributed by atoms with Crippen molar-refractivity contribution in [3.63, 3.8) is 0 Å². The van der Waals surface area contributed by atoms with Crippen LogP contribution in [0.4, 0.5) is 0 Å². The Morgan fingerprint density at radius 1 is 1.36 bits per heavy atom. The maximum absolute atomic E-state index is 12.7. The number of allylic oxidation sites excluding steroid dienone is 1. The average molecular weight is 419 g/mol. The van der Waals surface area contributed by atoms with Gasteiger partial charge in [0, 0.05) is 31.4 Å². The number of rotatable bonds is 5. The van der Waals surface area contributed by atoms with Gasteiger partial charge in [-0.3, -0.25) is 9.59 Å². The van der Waals surface area contributed by atoms with E-state index in [2.05, 4.69) is 10.3 Å². The van der Waals surface area contributed by atoms with Crippen LogP contribution in [-0.2, 0) is 9.59 Å². The number of benzene rings is 1. The molecule has 0 fully saturated rings. The Bertz CT molecular complexity index is 909. The molecule has 1 unspecified atom stereocenters. The van der Waals surface area contributed by atoms with E-state index in [4.69, 9.17) is 11.6 Å². The first-order valence-electron chi connectivity index (χ1n) is 9.03. The quantitative estimate of drug-likeness (QED) is 0.794. The predicted octanol–water partition coefficient (Wildman–Crippen LogP) is 3.53. The number of thioether (sulfide) groups is 1. The number of hydrogen-bond acceptors (Lipinski definition) is 5. The van der Waals surface area contributed by atoms with Crippen molar-refractivity contribution >= 4 is 40.3 Å². The highest BCUT2D eigenvalue weighted by Gasteiger charge is 2.41. The van der Waals surface area contributed by atoms with Crippen LogP contribution in [0.3, 0.4) is 0 Å². The zero-order valence-electron chi connectivity index (χ0n) is 16.3. The summed E-state index contributed by atoms with van der Waals surface area (Å²) in [6.45, 7) is 4.40. The van der Waals surface area contributed by atoms with Crippen LogP contribution in [0, 0.1) is 0 Å². The summed E-state index contributed by atoms with van der Waals surface area (Å²) in [5, 5.41) is 5.96. The van der Waals surface area contributed by atoms with Gasteiger partial charge in [-0.1, -0.05) is 41.6 Å². The van der Waals surface area contributed by atoms with Crippen molar-refractivity contribution in [1.82, 2.24) is 15.1 Å². The Kier molecular flexibility index (Phi) is 6.15. The van der Waals surface area contributed by atoms with E-state index in [1.165, 1.54) is 11.8 Å². The van der Waals surface area contributed by atoms with Crippen molar-refractivity contribution in [3.8, 4) is 0 Å². The van der Waals surface area contributed by atoms with Crippen LogP contribution in [-0.4, -0.2) is 47.4 Å². The molecule has 0 aromatic heterocycles. The summed E-state index contributed by atoms with van der Waals surface area (Å²) in [6, 6.07) is 7.03. The number of nitrogens with one attached hydrogen (secondary N) is 1. The number of fused-ring (bicyclic) bond motifs is 1. The lowest BCUT2D eigenvalue weighted by molar-refractivity contribution is -0.129. The van der Waals surface area contributed by atoms with Gasteiger partial charge in [0.05, 0.1) is 23.7 Å². The summed E-state index contributed by atoms with van der Waals surface area (Å²) < 4.78 is 0. The first-order valence-corrected chi connectivity index (χ1v) is 10.3. The molecule has 0 aliphatic carbocycles. The van der Waals surface area contributed by atoms with Gasteiger partial charge in [0.15, 0.2) is 5.17 Å². The first-order chi connectivity index (χ1) is 13.4. The zero-order chi connectivity index (χ0) is 20.4. The van der Waals surface area contributed by atoms with Gasteiger partial charge >= 0.3 is 0 Å². The lowest BCUT2D eigenvalue weighted by Crippen LogP contribution is -2.40. The Labute approximate surface area is 174 Å². The second kappa shape index (κ2) is 8.41. The van der Waals surface area contributed by atoms with E-state index in [-0.39, 0.29) is 18.2 Å². The number of carbonyl (C=O) groups is 2. The maximum Gasteiger partial charge on any atom is 0.251 e. The molecule has 2 aliphatic heterocycles. The average Bonchev–Trinajstić information content (AvgIpc) is 3.08. The molecule has 28 heavy (non-hydrogen) atoms. The molecule has 3 rings (SSSR count). The molecule has 0 spiro atoms. The molecule has 1 N–H and O–H groups in total. The molecule has 2 aliphatic rings. The number of nitrogens with zero attached hydrogens (tertiary/aromatic N) is 3. The van der Waals surface area contributed by atoms with Gasteiger partial charge in [0.1, 0.15) is 0 Å². The fourth-order valence-electron chi connectivity index (χ4n) is 3.25. The highest BCUT2D eigenvalue weighted by molar-refractivity contribution is 8.16. The molecule has 0 saturated heterocycles. The maximum atomic E-state index is 12.7. The number of likely N-dealkylation sites (N-methyl/N-ethyl adjacent to an activating group) is 1. The number of hydrogen-bond donors (Lipinski definition) is 1. The first kappa shape index (κ1) is 20.5. The third-order valence-electron chi connectivity index (χ3n) is 4.90. The van der Waals surface area contributed by atoms with Gasteiger partial charge in [-0.2, -0.15) is 0 Å². The van der Waals surface area contributed by atoms with Crippen LogP contribution >= 0.6 is 23.4 Å². The van der Waals surface area contributed by atoms with Crippen LogP contribution in [0.15, 0.2) is 51.6 Å². The zero-order valence-corrected chi connectivity index (χ0v) is 17.9. The van der Waals surface area contributed by atoms with Crippen molar-refractivity contribution in [2.24, 2.45) is 4.99 Å². The van der Waals surface area contributed by atoms with E-state index in [9.17, 15) is 9.59 Å². The summed E-state index contributed by atoms with van der Waals surface area (Å²) in [6.07, 6.45) is 0.234. The summed E-state index contributed by atoms with van der Waals surface area (Å²) in [7, 11) is 3.38. The molecule has 1 aromatic rings. The van der Waals surface area contributed by atoms with E-state index in [0.717, 1.165) is 16.4 Å². The summed E-state index contributed by atoms with van der Waals surface area (Å²) in [4.78, 5) is 33.5. The number of halogens is 1. The fraction of sp³-hybridized carbons (Fsp3) is 0.350. The lowest BCUT2D eigenvalue weighted by atomic mass is 9.93. The van der Waals surface area contributed by atoms with E-state index in [0.29, 0.717) is 22.8 Å².